The van der Waals surface area contributed by atoms with Gasteiger partial charge in [0.05, 0.1) is 0 Å². The molecule has 1 aromatic carbocycles. The van der Waals surface area contributed by atoms with Gasteiger partial charge in [-0.25, -0.2) is 4.98 Å². The van der Waals surface area contributed by atoms with Gasteiger partial charge in [-0.1, -0.05) is 6.07 Å². The first-order valence-electron chi connectivity index (χ1n) is 5.89. The molecule has 0 spiro atoms. The molecular weight excluding hydrogens is 246 g/mol. The third-order valence-corrected chi connectivity index (χ3v) is 3.41. The second-order valence-electron chi connectivity index (χ2n) is 4.29. The summed E-state index contributed by atoms with van der Waals surface area (Å²) in [6, 6.07) is 7.85. The normalized spacial score (nSPS) is 14.2. The highest BCUT2D eigenvalue weighted by Gasteiger charge is 2.23. The van der Waals surface area contributed by atoms with Crippen LogP contribution in [0, 0.1) is 0 Å². The van der Waals surface area contributed by atoms with Crippen molar-refractivity contribution in [3.05, 3.63) is 41.4 Å². The van der Waals surface area contributed by atoms with Crippen molar-refractivity contribution < 1.29 is 4.79 Å². The first kappa shape index (κ1) is 11.2. The average Bonchev–Trinajstić information content (AvgIpc) is 3.04. The molecule has 0 radical (unpaired) electrons. The summed E-state index contributed by atoms with van der Waals surface area (Å²) in [6.45, 7) is 0. The van der Waals surface area contributed by atoms with Gasteiger partial charge in [-0.2, -0.15) is 0 Å². The summed E-state index contributed by atoms with van der Waals surface area (Å²) in [5.74, 6) is 0.000267. The number of anilines is 2. The molecule has 4 nitrogen and oxygen atoms in total. The van der Waals surface area contributed by atoms with E-state index in [0.717, 1.165) is 23.7 Å². The minimum absolute atomic E-state index is 0.000267. The minimum Gasteiger partial charge on any atom is -0.349 e. The monoisotopic (exact) mass is 259 g/mol. The van der Waals surface area contributed by atoms with E-state index in [1.807, 2.05) is 29.6 Å². The van der Waals surface area contributed by atoms with Crippen LogP contribution in [0.3, 0.4) is 0 Å². The quantitative estimate of drug-likeness (QED) is 0.887. The molecule has 2 N–H and O–H groups in total. The fourth-order valence-electron chi connectivity index (χ4n) is 1.64. The van der Waals surface area contributed by atoms with E-state index >= 15 is 0 Å². The minimum atomic E-state index is 0.000267. The highest BCUT2D eigenvalue weighted by molar-refractivity contribution is 7.13. The van der Waals surface area contributed by atoms with Crippen molar-refractivity contribution in [2.24, 2.45) is 0 Å². The Bertz CT molecular complexity index is 549. The Morgan fingerprint density at radius 3 is 3.00 bits per heavy atom. The second kappa shape index (κ2) is 4.78. The van der Waals surface area contributed by atoms with Crippen LogP contribution in [0.25, 0.3) is 0 Å². The fraction of sp³-hybridized carbons (Fsp3) is 0.231. The standard InChI is InChI=1S/C13H13N3OS/c17-12(15-10-4-5-10)9-2-1-3-11(8-9)16-13-14-6-7-18-13/h1-3,6-8,10H,4-5H2,(H,14,16)(H,15,17). The summed E-state index contributed by atoms with van der Waals surface area (Å²) >= 11 is 1.53. The largest absolute Gasteiger partial charge is 0.349 e. The van der Waals surface area contributed by atoms with Crippen LogP contribution in [0.5, 0.6) is 0 Å². The van der Waals surface area contributed by atoms with Gasteiger partial charge in [-0.05, 0) is 31.0 Å². The molecule has 2 aromatic rings. The van der Waals surface area contributed by atoms with E-state index in [0.29, 0.717) is 11.6 Å². The number of amides is 1. The Morgan fingerprint density at radius 2 is 2.28 bits per heavy atom. The Hall–Kier alpha value is -1.88. The van der Waals surface area contributed by atoms with Gasteiger partial charge in [0, 0.05) is 28.9 Å². The maximum absolute atomic E-state index is 11.9. The maximum Gasteiger partial charge on any atom is 0.251 e. The molecule has 1 saturated carbocycles. The molecule has 1 aliphatic rings. The summed E-state index contributed by atoms with van der Waals surface area (Å²) in [4.78, 5) is 16.0. The van der Waals surface area contributed by atoms with Crippen LogP contribution in [0.15, 0.2) is 35.8 Å². The smallest absolute Gasteiger partial charge is 0.251 e. The van der Waals surface area contributed by atoms with Crippen LogP contribution < -0.4 is 10.6 Å². The van der Waals surface area contributed by atoms with Gasteiger partial charge < -0.3 is 10.6 Å². The van der Waals surface area contributed by atoms with Crippen LogP contribution >= 0.6 is 11.3 Å². The first-order valence-corrected chi connectivity index (χ1v) is 6.77. The van der Waals surface area contributed by atoms with E-state index < -0.39 is 0 Å². The number of carbonyl (C=O) groups is 1. The molecule has 18 heavy (non-hydrogen) atoms. The number of thiazole rings is 1. The van der Waals surface area contributed by atoms with Crippen molar-refractivity contribution in [1.29, 1.82) is 0 Å². The number of carbonyl (C=O) groups excluding carboxylic acids is 1. The SMILES string of the molecule is O=C(NC1CC1)c1cccc(Nc2nccs2)c1. The number of rotatable bonds is 4. The second-order valence-corrected chi connectivity index (χ2v) is 5.19. The van der Waals surface area contributed by atoms with Crippen molar-refractivity contribution in [3.63, 3.8) is 0 Å². The lowest BCUT2D eigenvalue weighted by Crippen LogP contribution is -2.25. The molecule has 0 aliphatic heterocycles. The van der Waals surface area contributed by atoms with E-state index in [2.05, 4.69) is 15.6 Å². The number of aromatic nitrogens is 1. The highest BCUT2D eigenvalue weighted by Crippen LogP contribution is 2.21. The third-order valence-electron chi connectivity index (χ3n) is 2.72. The molecule has 1 fully saturated rings. The molecule has 0 unspecified atom stereocenters. The number of nitrogens with one attached hydrogen (secondary N) is 2. The number of benzene rings is 1. The molecule has 5 heteroatoms. The van der Waals surface area contributed by atoms with E-state index in [-0.39, 0.29) is 5.91 Å². The molecule has 1 aromatic heterocycles. The molecule has 3 rings (SSSR count). The van der Waals surface area contributed by atoms with Gasteiger partial charge in [0.1, 0.15) is 0 Å². The van der Waals surface area contributed by atoms with Gasteiger partial charge in [0.15, 0.2) is 5.13 Å². The summed E-state index contributed by atoms with van der Waals surface area (Å²) in [5.41, 5.74) is 1.57. The lowest BCUT2D eigenvalue weighted by molar-refractivity contribution is 0.0951. The Balaban J connectivity index is 1.73. The number of nitrogens with zero attached hydrogens (tertiary/aromatic N) is 1. The van der Waals surface area contributed by atoms with Crippen LogP contribution in [-0.2, 0) is 0 Å². The molecule has 92 valence electrons. The van der Waals surface area contributed by atoms with E-state index in [1.165, 1.54) is 11.3 Å². The third kappa shape index (κ3) is 2.68. The lowest BCUT2D eigenvalue weighted by Gasteiger charge is -2.06. The number of hydrogen-bond donors (Lipinski definition) is 2. The molecule has 0 bridgehead atoms. The molecule has 0 saturated heterocycles. The maximum atomic E-state index is 11.9. The fourth-order valence-corrected chi connectivity index (χ4v) is 2.19. The zero-order valence-electron chi connectivity index (χ0n) is 9.72. The summed E-state index contributed by atoms with van der Waals surface area (Å²) in [7, 11) is 0. The van der Waals surface area contributed by atoms with Crippen molar-refractivity contribution >= 4 is 28.1 Å². The van der Waals surface area contributed by atoms with Gasteiger partial charge in [-0.3, -0.25) is 4.79 Å². The lowest BCUT2D eigenvalue weighted by atomic mass is 10.2. The van der Waals surface area contributed by atoms with Crippen molar-refractivity contribution in [2.75, 3.05) is 5.32 Å². The Morgan fingerprint density at radius 1 is 1.39 bits per heavy atom. The average molecular weight is 259 g/mol. The molecule has 1 heterocycles. The van der Waals surface area contributed by atoms with Crippen molar-refractivity contribution in [3.8, 4) is 0 Å². The van der Waals surface area contributed by atoms with Crippen LogP contribution in [-0.4, -0.2) is 16.9 Å². The van der Waals surface area contributed by atoms with Gasteiger partial charge in [-0.15, -0.1) is 11.3 Å². The summed E-state index contributed by atoms with van der Waals surface area (Å²) < 4.78 is 0. The predicted octanol–water partition coefficient (Wildman–Crippen LogP) is 2.78. The zero-order chi connectivity index (χ0) is 12.4. The zero-order valence-corrected chi connectivity index (χ0v) is 10.5. The highest BCUT2D eigenvalue weighted by atomic mass is 32.1. The van der Waals surface area contributed by atoms with Gasteiger partial charge in [0.25, 0.3) is 5.91 Å². The molecular formula is C13H13N3OS. The summed E-state index contributed by atoms with van der Waals surface area (Å²) in [6.07, 6.45) is 3.95. The van der Waals surface area contributed by atoms with Gasteiger partial charge in [0.2, 0.25) is 0 Å². The van der Waals surface area contributed by atoms with E-state index in [1.54, 1.807) is 6.20 Å². The van der Waals surface area contributed by atoms with Crippen LogP contribution in [0.1, 0.15) is 23.2 Å². The van der Waals surface area contributed by atoms with Crippen LogP contribution in [0.4, 0.5) is 10.8 Å². The van der Waals surface area contributed by atoms with E-state index in [9.17, 15) is 4.79 Å². The molecule has 1 aliphatic carbocycles. The molecule has 1 amide bonds. The van der Waals surface area contributed by atoms with Crippen molar-refractivity contribution in [1.82, 2.24) is 10.3 Å². The Labute approximate surface area is 109 Å². The number of hydrogen-bond acceptors (Lipinski definition) is 4. The summed E-state index contributed by atoms with van der Waals surface area (Å²) in [5, 5.41) is 8.89. The van der Waals surface area contributed by atoms with Crippen molar-refractivity contribution in [2.45, 2.75) is 18.9 Å². The van der Waals surface area contributed by atoms with E-state index in [4.69, 9.17) is 0 Å². The first-order chi connectivity index (χ1) is 8.81. The van der Waals surface area contributed by atoms with Crippen LogP contribution in [0.2, 0.25) is 0 Å². The van der Waals surface area contributed by atoms with Gasteiger partial charge >= 0.3 is 0 Å². The predicted molar refractivity (Wildman–Crippen MR) is 72.3 cm³/mol. The topological polar surface area (TPSA) is 54.0 Å². The Kier molecular flexibility index (Phi) is 2.98. The molecule has 0 atom stereocenters.